The number of likely N-dealkylation sites (N-methyl/N-ethyl adjacent to an activating group) is 1. The average molecular weight is 469 g/mol. The van der Waals surface area contributed by atoms with E-state index in [1.54, 1.807) is 16.9 Å². The van der Waals surface area contributed by atoms with Crippen LogP contribution in [0.1, 0.15) is 52.6 Å². The van der Waals surface area contributed by atoms with Crippen molar-refractivity contribution in [1.29, 1.82) is 0 Å². The minimum Gasteiger partial charge on any atom is -0.353 e. The largest absolute Gasteiger partial charge is 0.353 e. The van der Waals surface area contributed by atoms with Gasteiger partial charge in [0.25, 0.3) is 0 Å². The van der Waals surface area contributed by atoms with Gasteiger partial charge in [0.2, 0.25) is 5.91 Å². The van der Waals surface area contributed by atoms with Gasteiger partial charge in [-0.15, -0.1) is 5.10 Å². The third kappa shape index (κ3) is 4.46. The molecule has 3 aromatic heterocycles. The van der Waals surface area contributed by atoms with E-state index in [-0.39, 0.29) is 17.3 Å². The van der Waals surface area contributed by atoms with E-state index >= 15 is 0 Å². The fraction of sp³-hybridized carbons (Fsp3) is 0.542. The molecule has 10 heteroatoms. The molecular weight excluding hydrogens is 435 g/mol. The van der Waals surface area contributed by atoms with Crippen LogP contribution in [0, 0.1) is 0 Å². The van der Waals surface area contributed by atoms with Crippen molar-refractivity contribution in [3.63, 3.8) is 0 Å². The van der Waals surface area contributed by atoms with Gasteiger partial charge in [0.1, 0.15) is 5.82 Å². The van der Waals surface area contributed by atoms with Gasteiger partial charge in [0.15, 0.2) is 23.1 Å². The zero-order chi connectivity index (χ0) is 24.8. The van der Waals surface area contributed by atoms with Gasteiger partial charge in [-0.2, -0.15) is 0 Å². The molecule has 0 aliphatic carbocycles. The fourth-order valence-electron chi connectivity index (χ4n) is 4.18. The number of carbonyl (C=O) groups is 1. The summed E-state index contributed by atoms with van der Waals surface area (Å²) in [5.74, 6) is 1.60. The Morgan fingerprint density at radius 1 is 1.29 bits per heavy atom. The van der Waals surface area contributed by atoms with Crippen LogP contribution in [0.15, 0.2) is 18.3 Å². The van der Waals surface area contributed by atoms with Crippen molar-refractivity contribution < 1.29 is 9.18 Å². The maximum absolute atomic E-state index is 14.8. The van der Waals surface area contributed by atoms with Crippen molar-refractivity contribution in [3.05, 3.63) is 29.8 Å². The van der Waals surface area contributed by atoms with Crippen LogP contribution in [-0.4, -0.2) is 68.3 Å². The molecule has 1 aliphatic rings. The van der Waals surface area contributed by atoms with Crippen LogP contribution in [0.25, 0.3) is 16.7 Å². The first-order chi connectivity index (χ1) is 15.9. The number of hydrogen-bond donors (Lipinski definition) is 1. The van der Waals surface area contributed by atoms with Gasteiger partial charge >= 0.3 is 0 Å². The van der Waals surface area contributed by atoms with E-state index in [9.17, 15) is 9.18 Å². The number of fused-ring (bicyclic) bond motifs is 1. The third-order valence-corrected chi connectivity index (χ3v) is 6.56. The van der Waals surface area contributed by atoms with Crippen molar-refractivity contribution >= 4 is 28.4 Å². The number of rotatable bonds is 6. The monoisotopic (exact) mass is 468 g/mol. The summed E-state index contributed by atoms with van der Waals surface area (Å²) in [5, 5.41) is 8.52. The Morgan fingerprint density at radius 2 is 2.03 bits per heavy atom. The Balaban J connectivity index is 1.90. The minimum atomic E-state index is -1.70. The van der Waals surface area contributed by atoms with Crippen LogP contribution in [0.4, 0.5) is 16.0 Å². The first-order valence-electron chi connectivity index (χ1n) is 11.6. The van der Waals surface area contributed by atoms with E-state index in [4.69, 9.17) is 5.10 Å². The molecule has 9 nitrogen and oxygen atoms in total. The second-order valence-electron chi connectivity index (χ2n) is 9.93. The zero-order valence-corrected chi connectivity index (χ0v) is 21.0. The summed E-state index contributed by atoms with van der Waals surface area (Å²) in [4.78, 5) is 29.5. The Labute approximate surface area is 199 Å². The molecule has 1 aliphatic heterocycles. The summed E-state index contributed by atoms with van der Waals surface area (Å²) in [7, 11) is 4.18. The second kappa shape index (κ2) is 8.57. The molecule has 1 saturated heterocycles. The number of aromatic nitrogens is 5. The lowest BCUT2D eigenvalue weighted by molar-refractivity contribution is -0.114. The number of anilines is 2. The lowest BCUT2D eigenvalue weighted by atomic mass is 10.0. The average Bonchev–Trinajstić information content (AvgIpc) is 3.34. The Morgan fingerprint density at radius 3 is 2.62 bits per heavy atom. The number of alkyl halides is 1. The second-order valence-corrected chi connectivity index (χ2v) is 9.93. The van der Waals surface area contributed by atoms with Gasteiger partial charge in [-0.05, 0) is 47.7 Å². The van der Waals surface area contributed by atoms with Gasteiger partial charge in [0, 0.05) is 49.6 Å². The maximum Gasteiger partial charge on any atom is 0.222 e. The number of aryl methyl sites for hydroxylation is 1. The van der Waals surface area contributed by atoms with E-state index < -0.39 is 5.67 Å². The molecule has 182 valence electrons. The topological polar surface area (TPSA) is 92.1 Å². The van der Waals surface area contributed by atoms with E-state index in [1.165, 1.54) is 20.8 Å². The Bertz CT molecular complexity index is 1230. The van der Waals surface area contributed by atoms with Crippen molar-refractivity contribution in [3.8, 4) is 5.82 Å². The van der Waals surface area contributed by atoms with Crippen molar-refractivity contribution in [1.82, 2.24) is 29.6 Å². The molecule has 34 heavy (non-hydrogen) atoms. The number of nitrogens with zero attached hydrogens (tertiary/aromatic N) is 7. The predicted octanol–water partition coefficient (Wildman–Crippen LogP) is 3.47. The molecule has 1 N–H and O–H groups in total. The van der Waals surface area contributed by atoms with Crippen molar-refractivity contribution in [2.75, 3.05) is 37.4 Å². The Hall–Kier alpha value is -3.14. The van der Waals surface area contributed by atoms with Crippen LogP contribution in [0.3, 0.4) is 0 Å². The molecule has 0 spiro atoms. The molecule has 1 amide bonds. The molecule has 3 aromatic rings. The van der Waals surface area contributed by atoms with Crippen LogP contribution in [-0.2, 0) is 16.9 Å². The molecule has 4 rings (SSSR count). The number of hydrogen-bond acceptors (Lipinski definition) is 7. The first-order valence-corrected chi connectivity index (χ1v) is 11.6. The Kier molecular flexibility index (Phi) is 6.05. The number of carbonyl (C=O) groups excluding carboxylic acids is 1. The van der Waals surface area contributed by atoms with E-state index in [2.05, 4.69) is 51.1 Å². The fourth-order valence-corrected chi connectivity index (χ4v) is 4.18. The molecular formula is C24H33FN8O. The normalized spacial score (nSPS) is 18.8. The summed E-state index contributed by atoms with van der Waals surface area (Å²) in [6.45, 7) is 10.2. The molecule has 1 atom stereocenters. The molecule has 0 bridgehead atoms. The molecule has 0 radical (unpaired) electrons. The highest BCUT2D eigenvalue weighted by Gasteiger charge is 2.37. The van der Waals surface area contributed by atoms with Crippen LogP contribution >= 0.6 is 0 Å². The predicted molar refractivity (Wildman–Crippen MR) is 131 cm³/mol. The zero-order valence-electron chi connectivity index (χ0n) is 21.0. The highest BCUT2D eigenvalue weighted by atomic mass is 19.1. The van der Waals surface area contributed by atoms with Gasteiger partial charge in [-0.3, -0.25) is 4.79 Å². The molecule has 4 heterocycles. The first kappa shape index (κ1) is 24.0. The third-order valence-electron chi connectivity index (χ3n) is 6.56. The number of halogens is 1. The van der Waals surface area contributed by atoms with Crippen LogP contribution < -0.4 is 10.2 Å². The van der Waals surface area contributed by atoms with E-state index in [0.717, 1.165) is 41.9 Å². The molecule has 1 fully saturated rings. The minimum absolute atomic E-state index is 0.0232. The molecule has 1 unspecified atom stereocenters. The molecule has 0 aromatic carbocycles. The summed E-state index contributed by atoms with van der Waals surface area (Å²) in [6, 6.07) is 3.61. The van der Waals surface area contributed by atoms with Gasteiger partial charge in [-0.1, -0.05) is 6.92 Å². The van der Waals surface area contributed by atoms with E-state index in [1.807, 2.05) is 13.0 Å². The SMILES string of the molecule is CCc1cc(-n2nc(N3CCC(C)(N(C)C)C3)c3cnc(NC(C)=O)cc32)nc(C(C)(C)F)n1. The van der Waals surface area contributed by atoms with Gasteiger partial charge < -0.3 is 15.1 Å². The summed E-state index contributed by atoms with van der Waals surface area (Å²) in [5.41, 5.74) is -0.212. The maximum atomic E-state index is 14.8. The summed E-state index contributed by atoms with van der Waals surface area (Å²) < 4.78 is 16.5. The molecule has 0 saturated carbocycles. The van der Waals surface area contributed by atoms with Gasteiger partial charge in [0.05, 0.1) is 10.9 Å². The smallest absolute Gasteiger partial charge is 0.222 e. The lowest BCUT2D eigenvalue weighted by Gasteiger charge is -2.32. The number of pyridine rings is 1. The van der Waals surface area contributed by atoms with E-state index in [0.29, 0.717) is 18.1 Å². The highest BCUT2D eigenvalue weighted by Crippen LogP contribution is 2.35. The number of amides is 1. The summed E-state index contributed by atoms with van der Waals surface area (Å²) in [6.07, 6.45) is 3.36. The van der Waals surface area contributed by atoms with Crippen LogP contribution in [0.5, 0.6) is 0 Å². The number of nitrogens with one attached hydrogen (secondary N) is 1. The van der Waals surface area contributed by atoms with Crippen molar-refractivity contribution in [2.45, 2.75) is 58.7 Å². The quantitative estimate of drug-likeness (QED) is 0.592. The lowest BCUT2D eigenvalue weighted by Crippen LogP contribution is -2.43. The van der Waals surface area contributed by atoms with Crippen molar-refractivity contribution in [2.24, 2.45) is 0 Å². The van der Waals surface area contributed by atoms with Gasteiger partial charge in [-0.25, -0.2) is 24.0 Å². The standard InChI is InChI=1S/C24H33FN8O/c1-8-16-11-20(29-22(28-16)23(3,4)25)33-18-12-19(27-15(2)34)26-13-17(18)21(30-33)32-10-9-24(5,14-32)31(6)7/h11-13H,8-10,14H2,1-7H3,(H,26,27,34). The highest BCUT2D eigenvalue weighted by molar-refractivity contribution is 5.95. The summed E-state index contributed by atoms with van der Waals surface area (Å²) >= 11 is 0. The van der Waals surface area contributed by atoms with Crippen LogP contribution in [0.2, 0.25) is 0 Å².